The van der Waals surface area contributed by atoms with Crippen molar-refractivity contribution in [3.63, 3.8) is 0 Å². The van der Waals surface area contributed by atoms with Crippen molar-refractivity contribution >= 4 is 40.0 Å². The Labute approximate surface area is 222 Å². The first kappa shape index (κ1) is 26.5. The van der Waals surface area contributed by atoms with E-state index in [0.717, 1.165) is 34.7 Å². The largest absolute Gasteiger partial charge is 0.490 e. The molecule has 0 unspecified atom stereocenters. The van der Waals surface area contributed by atoms with Crippen LogP contribution in [0.4, 0.5) is 17.1 Å². The second-order valence-electron chi connectivity index (χ2n) is 8.08. The van der Waals surface area contributed by atoms with Gasteiger partial charge in [0.25, 0.3) is 11.6 Å². The molecule has 1 amide bonds. The molecule has 0 saturated carbocycles. The third kappa shape index (κ3) is 6.63. The highest BCUT2D eigenvalue weighted by Crippen LogP contribution is 2.38. The lowest BCUT2D eigenvalue weighted by Gasteiger charge is -2.12. The fourth-order valence-corrected chi connectivity index (χ4v) is 3.70. The Balaban J connectivity index is 1.42. The minimum atomic E-state index is -0.762. The van der Waals surface area contributed by atoms with E-state index < -0.39 is 21.2 Å². The number of nitrogens with zero attached hydrogens (tertiary/aromatic N) is 3. The van der Waals surface area contributed by atoms with E-state index in [1.165, 1.54) is 12.3 Å². The predicted octanol–water partition coefficient (Wildman–Crippen LogP) is 5.41. The van der Waals surface area contributed by atoms with Crippen LogP contribution in [-0.2, 0) is 4.79 Å². The number of anilines is 1. The van der Waals surface area contributed by atoms with Gasteiger partial charge in [0.05, 0.1) is 35.3 Å². The quantitative estimate of drug-likeness (QED) is 0.148. The van der Waals surface area contributed by atoms with Gasteiger partial charge in [-0.25, -0.2) is 5.43 Å². The highest BCUT2D eigenvalue weighted by Gasteiger charge is 2.22. The average Bonchev–Trinajstić information content (AvgIpc) is 2.93. The molecule has 0 aliphatic rings. The van der Waals surface area contributed by atoms with Crippen LogP contribution in [0.1, 0.15) is 12.5 Å². The van der Waals surface area contributed by atoms with Crippen LogP contribution in [0, 0.1) is 20.2 Å². The first-order valence-electron chi connectivity index (χ1n) is 11.8. The molecular formula is C27H23N5O7. The maximum Gasteiger partial charge on any atom is 0.318 e. The van der Waals surface area contributed by atoms with Gasteiger partial charge >= 0.3 is 5.69 Å². The first-order chi connectivity index (χ1) is 18.9. The zero-order chi connectivity index (χ0) is 27.8. The third-order valence-corrected chi connectivity index (χ3v) is 5.47. The van der Waals surface area contributed by atoms with E-state index in [0.29, 0.717) is 5.56 Å². The fraction of sp³-hybridized carbons (Fsp3) is 0.111. The number of carbonyl (C=O) groups is 1. The molecule has 4 rings (SSSR count). The summed E-state index contributed by atoms with van der Waals surface area (Å²) in [6.45, 7) is 2.04. The van der Waals surface area contributed by atoms with Crippen molar-refractivity contribution in [1.82, 2.24) is 5.43 Å². The number of amides is 1. The molecule has 39 heavy (non-hydrogen) atoms. The molecule has 0 aromatic heterocycles. The SMILES string of the molecule is CCOc1cc(/C=N/NC(=O)CNc2cccc3ccccc23)ccc1Oc1ccc([N+](=O)[O-])cc1[N+](=O)[O-]. The Morgan fingerprint density at radius 1 is 0.923 bits per heavy atom. The molecule has 0 saturated heterocycles. The van der Waals surface area contributed by atoms with Gasteiger partial charge in [-0.05, 0) is 48.2 Å². The van der Waals surface area contributed by atoms with Crippen LogP contribution < -0.4 is 20.2 Å². The van der Waals surface area contributed by atoms with E-state index >= 15 is 0 Å². The number of nitrogens with one attached hydrogen (secondary N) is 2. The molecule has 2 N–H and O–H groups in total. The minimum absolute atomic E-state index is 0.0103. The predicted molar refractivity (Wildman–Crippen MR) is 146 cm³/mol. The molecule has 12 heteroatoms. The summed E-state index contributed by atoms with van der Waals surface area (Å²) in [5.41, 5.74) is 2.86. The van der Waals surface area contributed by atoms with E-state index in [1.54, 1.807) is 19.1 Å². The number of nitro benzene ring substituents is 2. The number of rotatable bonds is 11. The van der Waals surface area contributed by atoms with Crippen LogP contribution in [-0.4, -0.2) is 35.1 Å². The van der Waals surface area contributed by atoms with Crippen LogP contribution in [0.3, 0.4) is 0 Å². The van der Waals surface area contributed by atoms with Gasteiger partial charge in [0.15, 0.2) is 11.5 Å². The van der Waals surface area contributed by atoms with E-state index in [2.05, 4.69) is 15.8 Å². The topological polar surface area (TPSA) is 158 Å². The van der Waals surface area contributed by atoms with Gasteiger partial charge in [0.2, 0.25) is 5.75 Å². The minimum Gasteiger partial charge on any atom is -0.490 e. The summed E-state index contributed by atoms with van der Waals surface area (Å²) >= 11 is 0. The summed E-state index contributed by atoms with van der Waals surface area (Å²) in [6, 6.07) is 21.4. The van der Waals surface area contributed by atoms with Crippen molar-refractivity contribution in [3.05, 3.63) is 105 Å². The first-order valence-corrected chi connectivity index (χ1v) is 11.8. The van der Waals surface area contributed by atoms with E-state index in [9.17, 15) is 25.0 Å². The number of ether oxygens (including phenoxy) is 2. The number of hydrogen-bond donors (Lipinski definition) is 2. The van der Waals surface area contributed by atoms with Gasteiger partial charge in [0, 0.05) is 17.1 Å². The van der Waals surface area contributed by atoms with E-state index in [4.69, 9.17) is 9.47 Å². The highest BCUT2D eigenvalue weighted by atomic mass is 16.6. The standard InChI is InChI=1S/C27H23N5O7/c1-2-38-26-14-18(10-12-25(26)39-24-13-11-20(31(34)35)15-23(24)32(36)37)16-29-30-27(33)17-28-22-9-5-7-19-6-3-4-8-21(19)22/h3-16,28H,2,17H2,1H3,(H,30,33)/b29-16+. The van der Waals surface area contributed by atoms with Gasteiger partial charge in [-0.2, -0.15) is 5.10 Å². The number of non-ortho nitro benzene ring substituents is 1. The number of carbonyl (C=O) groups excluding carboxylic acids is 1. The maximum atomic E-state index is 12.3. The Hall–Kier alpha value is -5.52. The Bertz CT molecular complexity index is 1570. The lowest BCUT2D eigenvalue weighted by Crippen LogP contribution is -2.25. The van der Waals surface area contributed by atoms with Gasteiger partial charge < -0.3 is 14.8 Å². The van der Waals surface area contributed by atoms with Gasteiger partial charge in [-0.1, -0.05) is 36.4 Å². The van der Waals surface area contributed by atoms with Gasteiger partial charge in [0.1, 0.15) is 0 Å². The second kappa shape index (κ2) is 12.1. The molecule has 0 aliphatic heterocycles. The molecule has 0 bridgehead atoms. The van der Waals surface area contributed by atoms with Crippen molar-refractivity contribution in [2.45, 2.75) is 6.92 Å². The molecule has 0 aliphatic carbocycles. The lowest BCUT2D eigenvalue weighted by atomic mass is 10.1. The zero-order valence-electron chi connectivity index (χ0n) is 20.7. The highest BCUT2D eigenvalue weighted by molar-refractivity contribution is 5.95. The molecule has 0 fully saturated rings. The van der Waals surface area contributed by atoms with Crippen LogP contribution in [0.5, 0.6) is 17.2 Å². The number of fused-ring (bicyclic) bond motifs is 1. The third-order valence-electron chi connectivity index (χ3n) is 5.47. The van der Waals surface area contributed by atoms with Crippen molar-refractivity contribution < 1.29 is 24.1 Å². The average molecular weight is 530 g/mol. The zero-order valence-corrected chi connectivity index (χ0v) is 20.7. The molecule has 4 aromatic carbocycles. The van der Waals surface area contributed by atoms with Crippen molar-refractivity contribution in [2.24, 2.45) is 5.10 Å². The van der Waals surface area contributed by atoms with E-state index in [-0.39, 0.29) is 36.3 Å². The molecule has 0 heterocycles. The number of hydrogen-bond acceptors (Lipinski definition) is 9. The molecule has 0 radical (unpaired) electrons. The van der Waals surface area contributed by atoms with Crippen LogP contribution in [0.15, 0.2) is 84.0 Å². The smallest absolute Gasteiger partial charge is 0.318 e. The Kier molecular flexibility index (Phi) is 8.27. The Morgan fingerprint density at radius 2 is 1.69 bits per heavy atom. The molecule has 0 atom stereocenters. The summed E-state index contributed by atoms with van der Waals surface area (Å²) in [6.07, 6.45) is 1.41. The van der Waals surface area contributed by atoms with Crippen molar-refractivity contribution in [2.75, 3.05) is 18.5 Å². The molecular weight excluding hydrogens is 506 g/mol. The number of hydrazone groups is 1. The fourth-order valence-electron chi connectivity index (χ4n) is 3.70. The van der Waals surface area contributed by atoms with Crippen molar-refractivity contribution in [3.8, 4) is 17.2 Å². The normalized spacial score (nSPS) is 10.8. The molecule has 198 valence electrons. The van der Waals surface area contributed by atoms with Gasteiger partial charge in [-0.15, -0.1) is 0 Å². The van der Waals surface area contributed by atoms with Crippen molar-refractivity contribution in [1.29, 1.82) is 0 Å². The Morgan fingerprint density at radius 3 is 2.46 bits per heavy atom. The summed E-state index contributed by atoms with van der Waals surface area (Å²) in [7, 11) is 0. The summed E-state index contributed by atoms with van der Waals surface area (Å²) in [4.78, 5) is 33.2. The summed E-state index contributed by atoms with van der Waals surface area (Å²) in [5.74, 6) is -0.110. The summed E-state index contributed by atoms with van der Waals surface area (Å²) < 4.78 is 11.3. The number of nitro groups is 2. The van der Waals surface area contributed by atoms with Crippen LogP contribution in [0.2, 0.25) is 0 Å². The number of benzene rings is 4. The molecule has 12 nitrogen and oxygen atoms in total. The molecule has 0 spiro atoms. The summed E-state index contributed by atoms with van der Waals surface area (Å²) in [5, 5.41) is 31.6. The van der Waals surface area contributed by atoms with Gasteiger partial charge in [-0.3, -0.25) is 25.0 Å². The molecule has 4 aromatic rings. The van der Waals surface area contributed by atoms with Crippen LogP contribution in [0.25, 0.3) is 10.8 Å². The van der Waals surface area contributed by atoms with E-state index in [1.807, 2.05) is 42.5 Å². The maximum absolute atomic E-state index is 12.3. The van der Waals surface area contributed by atoms with Crippen LogP contribution >= 0.6 is 0 Å². The monoisotopic (exact) mass is 529 g/mol. The second-order valence-corrected chi connectivity index (χ2v) is 8.08. The lowest BCUT2D eigenvalue weighted by molar-refractivity contribution is -0.394.